The summed E-state index contributed by atoms with van der Waals surface area (Å²) in [5.74, 6) is -2.15. The summed E-state index contributed by atoms with van der Waals surface area (Å²) in [6.07, 6.45) is -1.19. The van der Waals surface area contributed by atoms with Crippen molar-refractivity contribution in [2.45, 2.75) is 31.3 Å². The van der Waals surface area contributed by atoms with Crippen LogP contribution in [0.1, 0.15) is 20.8 Å². The third-order valence-electron chi connectivity index (χ3n) is 2.26. The molecule has 1 rings (SSSR count). The van der Waals surface area contributed by atoms with Crippen LogP contribution in [0.4, 0.5) is 13.6 Å². The molecular weight excluding hydrogens is 372 g/mol. The number of hydrogen-bond acceptors (Lipinski definition) is 4. The highest BCUT2D eigenvalue weighted by Gasteiger charge is 2.32. The summed E-state index contributed by atoms with van der Waals surface area (Å²) in [5.41, 5.74) is -0.926. The summed E-state index contributed by atoms with van der Waals surface area (Å²) >= 11 is 2.74. The van der Waals surface area contributed by atoms with Crippen molar-refractivity contribution in [2.24, 2.45) is 0 Å². The molecule has 0 aliphatic heterocycles. The van der Waals surface area contributed by atoms with Crippen molar-refractivity contribution in [3.63, 3.8) is 0 Å². The van der Waals surface area contributed by atoms with Crippen LogP contribution in [0.25, 0.3) is 0 Å². The van der Waals surface area contributed by atoms with E-state index in [0.29, 0.717) is 12.1 Å². The second-order valence-electron chi connectivity index (χ2n) is 5.15. The molecule has 0 spiro atoms. The Labute approximate surface area is 130 Å². The van der Waals surface area contributed by atoms with Crippen LogP contribution in [-0.4, -0.2) is 31.5 Å². The number of sulfonamides is 1. The minimum Gasteiger partial charge on any atom is -0.443 e. The molecule has 21 heavy (non-hydrogen) atoms. The molecule has 1 aromatic rings. The van der Waals surface area contributed by atoms with Crippen LogP contribution in [-0.2, 0) is 14.8 Å². The van der Waals surface area contributed by atoms with Crippen LogP contribution in [0.5, 0.6) is 0 Å². The van der Waals surface area contributed by atoms with E-state index in [4.69, 9.17) is 4.74 Å². The van der Waals surface area contributed by atoms with Crippen molar-refractivity contribution in [3.05, 3.63) is 28.2 Å². The number of carbonyl (C=O) groups excluding carboxylic acids is 1. The van der Waals surface area contributed by atoms with Gasteiger partial charge in [0.15, 0.2) is 0 Å². The zero-order valence-corrected chi connectivity index (χ0v) is 14.2. The van der Waals surface area contributed by atoms with Crippen LogP contribution >= 0.6 is 15.9 Å². The van der Waals surface area contributed by atoms with Crippen molar-refractivity contribution >= 4 is 32.0 Å². The maximum atomic E-state index is 13.7. The van der Waals surface area contributed by atoms with E-state index in [9.17, 15) is 22.0 Å². The monoisotopic (exact) mass is 385 g/mol. The molecule has 0 N–H and O–H groups in total. The lowest BCUT2D eigenvalue weighted by Gasteiger charge is -2.24. The lowest BCUT2D eigenvalue weighted by molar-refractivity contribution is 0.0420. The molecule has 0 atom stereocenters. The van der Waals surface area contributed by atoms with Gasteiger partial charge in [-0.3, -0.25) is 0 Å². The van der Waals surface area contributed by atoms with Gasteiger partial charge in [0, 0.05) is 7.05 Å². The molecule has 1 amide bonds. The molecular formula is C12H14BrF2NO4S. The van der Waals surface area contributed by atoms with Crippen molar-refractivity contribution in [3.8, 4) is 0 Å². The Hall–Kier alpha value is -1.22. The Bertz CT molecular complexity index is 671. The molecule has 5 nitrogen and oxygen atoms in total. The minimum atomic E-state index is -4.56. The second kappa shape index (κ2) is 5.88. The summed E-state index contributed by atoms with van der Waals surface area (Å²) in [5, 5.41) is 0. The van der Waals surface area contributed by atoms with Gasteiger partial charge >= 0.3 is 6.09 Å². The Kier molecular flexibility index (Phi) is 4.99. The minimum absolute atomic E-state index is 0.223. The first-order valence-corrected chi connectivity index (χ1v) is 7.96. The predicted octanol–water partition coefficient (Wildman–Crippen LogP) is 3.28. The predicted molar refractivity (Wildman–Crippen MR) is 75.2 cm³/mol. The number of hydrogen-bond donors (Lipinski definition) is 0. The van der Waals surface area contributed by atoms with Crippen LogP contribution in [0.3, 0.4) is 0 Å². The molecule has 0 radical (unpaired) electrons. The van der Waals surface area contributed by atoms with Gasteiger partial charge in [0.25, 0.3) is 10.0 Å². The normalized spacial score (nSPS) is 12.1. The summed E-state index contributed by atoms with van der Waals surface area (Å²) in [7, 11) is -3.65. The first-order chi connectivity index (χ1) is 9.36. The average Bonchev–Trinajstić information content (AvgIpc) is 2.30. The molecule has 0 aliphatic rings. The highest BCUT2D eigenvalue weighted by atomic mass is 79.9. The average molecular weight is 386 g/mol. The van der Waals surface area contributed by atoms with Crippen molar-refractivity contribution in [1.29, 1.82) is 0 Å². The SMILES string of the molecule is CN(C(=O)OC(C)(C)C)S(=O)(=O)c1cc(F)c(Br)cc1F. The fourth-order valence-corrected chi connectivity index (χ4v) is 2.68. The Morgan fingerprint density at radius 3 is 2.24 bits per heavy atom. The highest BCUT2D eigenvalue weighted by Crippen LogP contribution is 2.25. The molecule has 1 aromatic carbocycles. The van der Waals surface area contributed by atoms with E-state index in [0.717, 1.165) is 7.05 Å². The van der Waals surface area contributed by atoms with E-state index < -0.39 is 38.2 Å². The van der Waals surface area contributed by atoms with Crippen LogP contribution < -0.4 is 0 Å². The van der Waals surface area contributed by atoms with Gasteiger partial charge in [-0.05, 0) is 48.8 Å². The molecule has 118 valence electrons. The Morgan fingerprint density at radius 1 is 1.24 bits per heavy atom. The zero-order chi connectivity index (χ0) is 16.6. The smallest absolute Gasteiger partial charge is 0.424 e. The van der Waals surface area contributed by atoms with E-state index in [2.05, 4.69) is 15.9 Å². The van der Waals surface area contributed by atoms with Crippen molar-refractivity contribution < 1.29 is 26.7 Å². The summed E-state index contributed by atoms with van der Waals surface area (Å²) in [6, 6.07) is 1.17. The van der Waals surface area contributed by atoms with E-state index >= 15 is 0 Å². The molecule has 0 saturated heterocycles. The molecule has 0 aromatic heterocycles. The first-order valence-electron chi connectivity index (χ1n) is 5.72. The van der Waals surface area contributed by atoms with Gasteiger partial charge in [-0.25, -0.2) is 26.3 Å². The zero-order valence-electron chi connectivity index (χ0n) is 11.8. The van der Waals surface area contributed by atoms with Crippen molar-refractivity contribution in [1.82, 2.24) is 4.31 Å². The third kappa shape index (κ3) is 4.13. The quantitative estimate of drug-likeness (QED) is 0.732. The maximum Gasteiger partial charge on any atom is 0.424 e. The molecule has 0 heterocycles. The Balaban J connectivity index is 3.23. The number of benzene rings is 1. The van der Waals surface area contributed by atoms with E-state index in [1.54, 1.807) is 20.8 Å². The molecule has 0 fully saturated rings. The van der Waals surface area contributed by atoms with Crippen molar-refractivity contribution in [2.75, 3.05) is 7.05 Å². The second-order valence-corrected chi connectivity index (χ2v) is 7.94. The van der Waals surface area contributed by atoms with E-state index in [1.807, 2.05) is 0 Å². The fraction of sp³-hybridized carbons (Fsp3) is 0.417. The van der Waals surface area contributed by atoms with Crippen LogP contribution in [0.15, 0.2) is 21.5 Å². The summed E-state index contributed by atoms with van der Waals surface area (Å²) in [4.78, 5) is 10.8. The first kappa shape index (κ1) is 17.8. The van der Waals surface area contributed by atoms with E-state index in [-0.39, 0.29) is 8.78 Å². The number of amides is 1. The summed E-state index contributed by atoms with van der Waals surface area (Å²) < 4.78 is 56.3. The number of halogens is 3. The standard InChI is InChI=1S/C12H14BrF2NO4S/c1-12(2,3)20-11(17)16(4)21(18,19)10-6-8(14)7(13)5-9(10)15/h5-6H,1-4H3. The van der Waals surface area contributed by atoms with Crippen LogP contribution in [0.2, 0.25) is 0 Å². The lowest BCUT2D eigenvalue weighted by atomic mass is 10.2. The third-order valence-corrected chi connectivity index (χ3v) is 4.61. The lowest BCUT2D eigenvalue weighted by Crippen LogP contribution is -2.38. The molecule has 0 unspecified atom stereocenters. The molecule has 0 saturated carbocycles. The molecule has 0 aliphatic carbocycles. The topological polar surface area (TPSA) is 63.7 Å². The van der Waals surface area contributed by atoms with Gasteiger partial charge in [-0.1, -0.05) is 0 Å². The maximum absolute atomic E-state index is 13.7. The highest BCUT2D eigenvalue weighted by molar-refractivity contribution is 9.10. The largest absolute Gasteiger partial charge is 0.443 e. The van der Waals surface area contributed by atoms with Gasteiger partial charge in [0.2, 0.25) is 0 Å². The molecule has 0 bridgehead atoms. The van der Waals surface area contributed by atoms with Gasteiger partial charge in [-0.15, -0.1) is 0 Å². The van der Waals surface area contributed by atoms with Gasteiger partial charge in [0.1, 0.15) is 22.1 Å². The molecule has 9 heteroatoms. The fourth-order valence-electron chi connectivity index (χ4n) is 1.27. The van der Waals surface area contributed by atoms with E-state index in [1.165, 1.54) is 0 Å². The van der Waals surface area contributed by atoms with Crippen LogP contribution in [0, 0.1) is 11.6 Å². The van der Waals surface area contributed by atoms with Gasteiger partial charge < -0.3 is 4.74 Å². The summed E-state index contributed by atoms with van der Waals surface area (Å²) in [6.45, 7) is 4.64. The number of rotatable bonds is 2. The number of ether oxygens (including phenoxy) is 1. The number of carbonyl (C=O) groups is 1. The van der Waals surface area contributed by atoms with Gasteiger partial charge in [0.05, 0.1) is 4.47 Å². The Morgan fingerprint density at radius 2 is 1.76 bits per heavy atom. The van der Waals surface area contributed by atoms with Gasteiger partial charge in [-0.2, -0.15) is 0 Å². The number of nitrogens with zero attached hydrogens (tertiary/aromatic N) is 1.